The Morgan fingerprint density at radius 1 is 0.969 bits per heavy atom. The Bertz CT molecular complexity index is 1050. The first-order valence-corrected chi connectivity index (χ1v) is 11.0. The molecule has 0 saturated carbocycles. The number of hydrogen-bond acceptors (Lipinski definition) is 5. The van der Waals surface area contributed by atoms with E-state index in [-0.39, 0.29) is 5.91 Å². The normalized spacial score (nSPS) is 13.4. The summed E-state index contributed by atoms with van der Waals surface area (Å²) in [5, 5.41) is 0. The maximum atomic E-state index is 13.0. The molecule has 2 aromatic carbocycles. The van der Waals surface area contributed by atoms with E-state index in [0.29, 0.717) is 57.3 Å². The lowest BCUT2D eigenvalue weighted by Crippen LogP contribution is -2.34. The molecule has 6 nitrogen and oxygen atoms in total. The largest absolute Gasteiger partial charge is 0.475 e. The Labute approximate surface area is 189 Å². The van der Waals surface area contributed by atoms with Crippen molar-refractivity contribution in [1.29, 1.82) is 0 Å². The summed E-state index contributed by atoms with van der Waals surface area (Å²) >= 11 is 0. The van der Waals surface area contributed by atoms with Crippen molar-refractivity contribution in [2.75, 3.05) is 33.4 Å². The van der Waals surface area contributed by atoms with Crippen LogP contribution in [0.25, 0.3) is 11.4 Å². The molecule has 0 atom stereocenters. The molecule has 6 heteroatoms. The molecule has 2 heterocycles. The molecule has 0 unspecified atom stereocenters. The van der Waals surface area contributed by atoms with Gasteiger partial charge in [0.25, 0.3) is 0 Å². The second-order valence-corrected chi connectivity index (χ2v) is 8.03. The summed E-state index contributed by atoms with van der Waals surface area (Å²) in [4.78, 5) is 24.5. The fourth-order valence-corrected chi connectivity index (χ4v) is 3.86. The van der Waals surface area contributed by atoms with Gasteiger partial charge in [-0.2, -0.15) is 4.98 Å². The third-order valence-corrected chi connectivity index (χ3v) is 5.69. The third-order valence-electron chi connectivity index (χ3n) is 5.69. The summed E-state index contributed by atoms with van der Waals surface area (Å²) in [5.41, 5.74) is 5.13. The molecule has 166 valence electrons. The second kappa shape index (κ2) is 10.4. The Kier molecular flexibility index (Phi) is 7.12. The van der Waals surface area contributed by atoms with Gasteiger partial charge in [-0.05, 0) is 18.9 Å². The fourth-order valence-electron chi connectivity index (χ4n) is 3.86. The molecule has 0 saturated heterocycles. The van der Waals surface area contributed by atoms with E-state index in [1.807, 2.05) is 59.5 Å². The van der Waals surface area contributed by atoms with Gasteiger partial charge in [0, 0.05) is 37.7 Å². The Hall–Kier alpha value is -3.25. The van der Waals surface area contributed by atoms with Crippen LogP contribution in [0.1, 0.15) is 22.4 Å². The standard InChI is InChI=1S/C26H29N3O3/c1-19-8-10-20(11-9-19)18-24(30)29-14-12-22-23(13-15-29)27-25(21-6-4-3-5-7-21)28-26(22)32-17-16-31-2/h3-11H,12-18H2,1-2H3. The van der Waals surface area contributed by atoms with E-state index in [1.165, 1.54) is 5.56 Å². The minimum atomic E-state index is 0.139. The van der Waals surface area contributed by atoms with Crippen LogP contribution >= 0.6 is 0 Å². The van der Waals surface area contributed by atoms with Crippen LogP contribution in [-0.4, -0.2) is 54.2 Å². The Morgan fingerprint density at radius 3 is 2.47 bits per heavy atom. The molecule has 0 spiro atoms. The number of amides is 1. The smallest absolute Gasteiger partial charge is 0.227 e. The molecular weight excluding hydrogens is 402 g/mol. The third kappa shape index (κ3) is 5.32. The van der Waals surface area contributed by atoms with Crippen molar-refractivity contribution < 1.29 is 14.3 Å². The maximum absolute atomic E-state index is 13.0. The highest BCUT2D eigenvalue weighted by Crippen LogP contribution is 2.27. The molecule has 1 aromatic heterocycles. The molecule has 1 aliphatic heterocycles. The van der Waals surface area contributed by atoms with Crippen LogP contribution in [0, 0.1) is 6.92 Å². The highest BCUT2D eigenvalue weighted by atomic mass is 16.5. The zero-order valence-electron chi connectivity index (χ0n) is 18.7. The molecule has 1 amide bonds. The van der Waals surface area contributed by atoms with Crippen LogP contribution < -0.4 is 4.74 Å². The van der Waals surface area contributed by atoms with Gasteiger partial charge >= 0.3 is 0 Å². The number of aryl methyl sites for hydroxylation is 1. The van der Waals surface area contributed by atoms with Gasteiger partial charge in [-0.25, -0.2) is 4.98 Å². The number of nitrogens with zero attached hydrogens (tertiary/aromatic N) is 3. The molecule has 1 aliphatic rings. The number of carbonyl (C=O) groups excluding carboxylic acids is 1. The molecule has 3 aromatic rings. The van der Waals surface area contributed by atoms with Crippen LogP contribution in [0.15, 0.2) is 54.6 Å². The summed E-state index contributed by atoms with van der Waals surface area (Å²) < 4.78 is 11.1. The Morgan fingerprint density at radius 2 is 1.72 bits per heavy atom. The molecule has 32 heavy (non-hydrogen) atoms. The number of aromatic nitrogens is 2. The van der Waals surface area contributed by atoms with Crippen molar-refractivity contribution in [3.05, 3.63) is 77.0 Å². The van der Waals surface area contributed by atoms with E-state index in [9.17, 15) is 4.79 Å². The number of benzene rings is 2. The average molecular weight is 432 g/mol. The van der Waals surface area contributed by atoms with Gasteiger partial charge in [-0.1, -0.05) is 60.2 Å². The number of fused-ring (bicyclic) bond motifs is 1. The molecule has 0 N–H and O–H groups in total. The Balaban J connectivity index is 1.55. The van der Waals surface area contributed by atoms with Crippen molar-refractivity contribution in [1.82, 2.24) is 14.9 Å². The maximum Gasteiger partial charge on any atom is 0.227 e. The van der Waals surface area contributed by atoms with Crippen LogP contribution in [0.5, 0.6) is 5.88 Å². The van der Waals surface area contributed by atoms with Crippen molar-refractivity contribution in [2.45, 2.75) is 26.2 Å². The zero-order valence-corrected chi connectivity index (χ0v) is 18.7. The summed E-state index contributed by atoms with van der Waals surface area (Å²) in [6, 6.07) is 18.1. The van der Waals surface area contributed by atoms with Crippen molar-refractivity contribution in [3.8, 4) is 17.3 Å². The summed E-state index contributed by atoms with van der Waals surface area (Å²) in [6.45, 7) is 4.23. The number of carbonyl (C=O) groups is 1. The molecular formula is C26H29N3O3. The summed E-state index contributed by atoms with van der Waals surface area (Å²) in [5.74, 6) is 1.38. The van der Waals surface area contributed by atoms with Gasteiger partial charge in [0.05, 0.1) is 18.7 Å². The highest BCUT2D eigenvalue weighted by molar-refractivity contribution is 5.79. The van der Waals surface area contributed by atoms with Gasteiger partial charge in [-0.15, -0.1) is 0 Å². The van der Waals surface area contributed by atoms with Crippen LogP contribution in [0.3, 0.4) is 0 Å². The minimum Gasteiger partial charge on any atom is -0.475 e. The molecule has 0 fully saturated rings. The number of rotatable bonds is 7. The number of methoxy groups -OCH3 is 1. The van der Waals surface area contributed by atoms with E-state index in [2.05, 4.69) is 6.92 Å². The van der Waals surface area contributed by atoms with E-state index >= 15 is 0 Å². The topological polar surface area (TPSA) is 64.6 Å². The van der Waals surface area contributed by atoms with Crippen LogP contribution in [0.4, 0.5) is 0 Å². The predicted octanol–water partition coefficient (Wildman–Crippen LogP) is 3.65. The lowest BCUT2D eigenvalue weighted by molar-refractivity contribution is -0.130. The van der Waals surface area contributed by atoms with Crippen molar-refractivity contribution in [2.24, 2.45) is 0 Å². The number of hydrogen-bond donors (Lipinski definition) is 0. The SMILES string of the molecule is COCCOc1nc(-c2ccccc2)nc2c1CCN(C(=O)Cc1ccc(C)cc1)CC2. The highest BCUT2D eigenvalue weighted by Gasteiger charge is 2.24. The van der Waals surface area contributed by atoms with E-state index < -0.39 is 0 Å². The van der Waals surface area contributed by atoms with Gasteiger partial charge in [0.15, 0.2) is 5.82 Å². The van der Waals surface area contributed by atoms with Gasteiger partial charge in [0.1, 0.15) is 6.61 Å². The lowest BCUT2D eigenvalue weighted by atomic mass is 10.1. The minimum absolute atomic E-state index is 0.139. The zero-order chi connectivity index (χ0) is 22.3. The second-order valence-electron chi connectivity index (χ2n) is 8.03. The van der Waals surface area contributed by atoms with Gasteiger partial charge < -0.3 is 14.4 Å². The predicted molar refractivity (Wildman–Crippen MR) is 124 cm³/mol. The van der Waals surface area contributed by atoms with E-state index in [1.54, 1.807) is 7.11 Å². The van der Waals surface area contributed by atoms with E-state index in [4.69, 9.17) is 19.4 Å². The summed E-state index contributed by atoms with van der Waals surface area (Å²) in [6.07, 6.45) is 1.76. The summed E-state index contributed by atoms with van der Waals surface area (Å²) in [7, 11) is 1.65. The first kappa shape index (κ1) is 22.0. The average Bonchev–Trinajstić information content (AvgIpc) is 3.04. The van der Waals surface area contributed by atoms with Crippen molar-refractivity contribution >= 4 is 5.91 Å². The number of ether oxygens (including phenoxy) is 2. The van der Waals surface area contributed by atoms with Gasteiger partial charge in [0.2, 0.25) is 11.8 Å². The molecule has 0 radical (unpaired) electrons. The van der Waals surface area contributed by atoms with E-state index in [0.717, 1.165) is 22.4 Å². The van der Waals surface area contributed by atoms with Gasteiger partial charge in [-0.3, -0.25) is 4.79 Å². The molecule has 0 bridgehead atoms. The van der Waals surface area contributed by atoms with Crippen molar-refractivity contribution in [3.63, 3.8) is 0 Å². The van der Waals surface area contributed by atoms with Crippen LogP contribution in [-0.2, 0) is 28.8 Å². The molecule has 4 rings (SSSR count). The monoisotopic (exact) mass is 431 g/mol. The first-order valence-electron chi connectivity index (χ1n) is 11.0. The quantitative estimate of drug-likeness (QED) is 0.535. The fraction of sp³-hybridized carbons (Fsp3) is 0.346. The van der Waals surface area contributed by atoms with Crippen LogP contribution in [0.2, 0.25) is 0 Å². The lowest BCUT2D eigenvalue weighted by Gasteiger charge is -2.20. The first-order chi connectivity index (χ1) is 15.6. The molecule has 0 aliphatic carbocycles.